The van der Waals surface area contributed by atoms with Crippen LogP contribution in [0.5, 0.6) is 0 Å². The summed E-state index contributed by atoms with van der Waals surface area (Å²) >= 11 is 0. The van der Waals surface area contributed by atoms with Crippen molar-refractivity contribution in [2.45, 2.75) is 5.92 Å². The average molecular weight is 381 g/mol. The topological polar surface area (TPSA) is 75.0 Å². The third-order valence-electron chi connectivity index (χ3n) is 4.91. The highest BCUT2D eigenvalue weighted by atomic mass is 16.5. The van der Waals surface area contributed by atoms with E-state index in [-0.39, 0.29) is 5.92 Å². The molecule has 0 bridgehead atoms. The van der Waals surface area contributed by atoms with E-state index in [9.17, 15) is 4.79 Å². The molecule has 3 aromatic rings. The number of fused-ring (bicyclic) bond motifs is 3. The number of hydrogen-bond acceptors (Lipinski definition) is 4. The first-order chi connectivity index (χ1) is 14.3. The Kier molecular flexibility index (Phi) is 5.35. The van der Waals surface area contributed by atoms with Crippen molar-refractivity contribution < 1.29 is 9.53 Å². The molecule has 5 heteroatoms. The number of nitrogens with zero attached hydrogens (tertiary/aromatic N) is 2. The van der Waals surface area contributed by atoms with E-state index in [1.165, 1.54) is 28.5 Å². The van der Waals surface area contributed by atoms with Crippen molar-refractivity contribution >= 4 is 12.2 Å². The van der Waals surface area contributed by atoms with Gasteiger partial charge in [-0.25, -0.2) is 4.79 Å². The summed E-state index contributed by atoms with van der Waals surface area (Å²) < 4.78 is 5.49. The van der Waals surface area contributed by atoms with Gasteiger partial charge in [0.2, 0.25) is 0 Å². The molecule has 1 aliphatic carbocycles. The number of rotatable bonds is 5. The van der Waals surface area contributed by atoms with Gasteiger partial charge in [0.05, 0.1) is 11.3 Å². The Morgan fingerprint density at radius 1 is 1.07 bits per heavy atom. The van der Waals surface area contributed by atoms with Crippen molar-refractivity contribution in [1.82, 2.24) is 10.3 Å². The van der Waals surface area contributed by atoms with Crippen LogP contribution < -0.4 is 5.32 Å². The maximum atomic E-state index is 12.1. The van der Waals surface area contributed by atoms with E-state index in [2.05, 4.69) is 34.6 Å². The summed E-state index contributed by atoms with van der Waals surface area (Å²) in [7, 11) is 0. The first-order valence-electron chi connectivity index (χ1n) is 9.38. The van der Waals surface area contributed by atoms with Gasteiger partial charge in [-0.3, -0.25) is 4.98 Å². The predicted octanol–water partition coefficient (Wildman–Crippen LogP) is 4.51. The number of amides is 1. The minimum Gasteiger partial charge on any atom is -0.449 e. The van der Waals surface area contributed by atoms with Crippen LogP contribution in [0.2, 0.25) is 0 Å². The van der Waals surface area contributed by atoms with Crippen LogP contribution in [-0.4, -0.2) is 24.2 Å². The van der Waals surface area contributed by atoms with Crippen LogP contribution in [-0.2, 0) is 4.74 Å². The minimum absolute atomic E-state index is 0.0477. The van der Waals surface area contributed by atoms with Gasteiger partial charge in [-0.2, -0.15) is 5.26 Å². The highest BCUT2D eigenvalue weighted by molar-refractivity contribution is 5.79. The van der Waals surface area contributed by atoms with Gasteiger partial charge in [0.25, 0.3) is 0 Å². The van der Waals surface area contributed by atoms with Gasteiger partial charge >= 0.3 is 6.09 Å². The largest absolute Gasteiger partial charge is 0.449 e. The quantitative estimate of drug-likeness (QED) is 0.706. The van der Waals surface area contributed by atoms with Crippen molar-refractivity contribution in [3.8, 4) is 17.2 Å². The van der Waals surface area contributed by atoms with E-state index in [0.717, 1.165) is 5.69 Å². The molecule has 0 atom stereocenters. The van der Waals surface area contributed by atoms with Crippen molar-refractivity contribution in [2.24, 2.45) is 0 Å². The molecular weight excluding hydrogens is 362 g/mol. The molecule has 0 saturated carbocycles. The summed E-state index contributed by atoms with van der Waals surface area (Å²) in [6.07, 6.45) is 4.63. The van der Waals surface area contributed by atoms with Gasteiger partial charge in [0.1, 0.15) is 12.7 Å². The number of hydrogen-bond donors (Lipinski definition) is 1. The number of nitrogens with one attached hydrogen (secondary N) is 1. The highest BCUT2D eigenvalue weighted by Gasteiger charge is 2.28. The molecule has 0 radical (unpaired) electrons. The number of nitriles is 1. The molecular formula is C24H19N3O2. The number of benzene rings is 2. The maximum absolute atomic E-state index is 12.1. The smallest absolute Gasteiger partial charge is 0.407 e. The Bertz CT molecular complexity index is 1050. The zero-order valence-electron chi connectivity index (χ0n) is 15.7. The molecule has 2 aromatic carbocycles. The zero-order chi connectivity index (χ0) is 20.1. The summed E-state index contributed by atoms with van der Waals surface area (Å²) in [5.41, 5.74) is 6.02. The Morgan fingerprint density at radius 2 is 1.76 bits per heavy atom. The summed E-state index contributed by atoms with van der Waals surface area (Å²) in [6, 6.07) is 22.0. The lowest BCUT2D eigenvalue weighted by molar-refractivity contribution is 0.144. The molecule has 5 nitrogen and oxygen atoms in total. The zero-order valence-corrected chi connectivity index (χ0v) is 15.7. The fraction of sp³-hybridized carbons (Fsp3) is 0.125. The normalized spacial score (nSPS) is 12.2. The molecule has 0 spiro atoms. The number of alkyl carbamates (subject to hydrolysis) is 1. The number of ether oxygens (including phenoxy) is 1. The molecule has 0 unspecified atom stereocenters. The number of pyridine rings is 1. The fourth-order valence-corrected chi connectivity index (χ4v) is 3.54. The lowest BCUT2D eigenvalue weighted by atomic mass is 9.98. The Labute approximate surface area is 169 Å². The summed E-state index contributed by atoms with van der Waals surface area (Å²) in [6.45, 7) is 0.624. The summed E-state index contributed by atoms with van der Waals surface area (Å²) in [5, 5.41) is 11.5. The van der Waals surface area contributed by atoms with Gasteiger partial charge in [-0.05, 0) is 40.5 Å². The Morgan fingerprint density at radius 3 is 2.38 bits per heavy atom. The Balaban J connectivity index is 1.32. The highest BCUT2D eigenvalue weighted by Crippen LogP contribution is 2.44. The minimum atomic E-state index is -0.454. The second kappa shape index (κ2) is 8.41. The van der Waals surface area contributed by atoms with Crippen LogP contribution in [0.15, 0.2) is 72.9 Å². The lowest BCUT2D eigenvalue weighted by Gasteiger charge is -2.14. The van der Waals surface area contributed by atoms with Crippen LogP contribution in [0.4, 0.5) is 4.79 Å². The molecule has 142 valence electrons. The number of carbonyl (C=O) groups is 1. The number of carbonyl (C=O) groups excluding carboxylic acids is 1. The van der Waals surface area contributed by atoms with Gasteiger partial charge in [-0.15, -0.1) is 0 Å². The van der Waals surface area contributed by atoms with Crippen molar-refractivity contribution in [3.63, 3.8) is 0 Å². The maximum Gasteiger partial charge on any atom is 0.407 e. The van der Waals surface area contributed by atoms with E-state index in [1.807, 2.05) is 30.3 Å². The van der Waals surface area contributed by atoms with Crippen LogP contribution in [0.25, 0.3) is 17.2 Å². The third-order valence-corrected chi connectivity index (χ3v) is 4.91. The van der Waals surface area contributed by atoms with Crippen molar-refractivity contribution in [1.29, 1.82) is 5.26 Å². The molecule has 0 aliphatic heterocycles. The van der Waals surface area contributed by atoms with E-state index < -0.39 is 6.09 Å². The van der Waals surface area contributed by atoms with Gasteiger partial charge in [-0.1, -0.05) is 54.6 Å². The molecule has 4 rings (SSSR count). The van der Waals surface area contributed by atoms with Crippen molar-refractivity contribution in [2.75, 3.05) is 13.2 Å². The second-order valence-corrected chi connectivity index (χ2v) is 6.69. The molecule has 1 heterocycles. The second-order valence-electron chi connectivity index (χ2n) is 6.69. The van der Waals surface area contributed by atoms with Gasteiger partial charge in [0, 0.05) is 18.7 Å². The Hall–Kier alpha value is -3.91. The van der Waals surface area contributed by atoms with E-state index in [4.69, 9.17) is 10.00 Å². The van der Waals surface area contributed by atoms with Crippen LogP contribution >= 0.6 is 0 Å². The molecule has 1 N–H and O–H groups in total. The van der Waals surface area contributed by atoms with Crippen LogP contribution in [0.3, 0.4) is 0 Å². The van der Waals surface area contributed by atoms with E-state index in [0.29, 0.717) is 18.7 Å². The molecule has 1 amide bonds. The van der Waals surface area contributed by atoms with Crippen LogP contribution in [0.1, 0.15) is 28.3 Å². The number of aromatic nitrogens is 1. The molecule has 1 aliphatic rings. The predicted molar refractivity (Wildman–Crippen MR) is 111 cm³/mol. The van der Waals surface area contributed by atoms with Gasteiger partial charge < -0.3 is 10.1 Å². The first kappa shape index (κ1) is 18.5. The SMILES string of the molecule is N#Cc1ccc(C=CCNC(=O)OCC2c3ccccc3-c3ccccc32)nc1. The summed E-state index contributed by atoms with van der Waals surface area (Å²) in [4.78, 5) is 16.2. The van der Waals surface area contributed by atoms with Crippen molar-refractivity contribution in [3.05, 3.63) is 95.3 Å². The fourth-order valence-electron chi connectivity index (χ4n) is 3.54. The average Bonchev–Trinajstić information content (AvgIpc) is 3.09. The molecule has 1 aromatic heterocycles. The lowest BCUT2D eigenvalue weighted by Crippen LogP contribution is -2.26. The molecule has 0 fully saturated rings. The molecule has 29 heavy (non-hydrogen) atoms. The molecule has 0 saturated heterocycles. The van der Waals surface area contributed by atoms with Crippen LogP contribution in [0, 0.1) is 11.3 Å². The third kappa shape index (κ3) is 4.02. The first-order valence-corrected chi connectivity index (χ1v) is 9.38. The standard InChI is InChI=1S/C24H19N3O2/c25-14-17-11-12-18(27-15-17)6-5-13-26-24(28)29-16-23-21-9-3-1-7-19(21)20-8-2-4-10-22(20)23/h1-12,15,23H,13,16H2,(H,26,28). The summed E-state index contributed by atoms with van der Waals surface area (Å²) in [5.74, 6) is 0.0477. The monoisotopic (exact) mass is 381 g/mol. The van der Waals surface area contributed by atoms with E-state index >= 15 is 0 Å². The van der Waals surface area contributed by atoms with E-state index in [1.54, 1.807) is 24.3 Å². The van der Waals surface area contributed by atoms with Gasteiger partial charge in [0.15, 0.2) is 0 Å².